The van der Waals surface area contributed by atoms with Gasteiger partial charge in [-0.2, -0.15) is 0 Å². The van der Waals surface area contributed by atoms with E-state index in [1.54, 1.807) is 14.0 Å². The zero-order chi connectivity index (χ0) is 49.7. The first kappa shape index (κ1) is 53.5. The monoisotopic (exact) mass is 969 g/mol. The van der Waals surface area contributed by atoms with Crippen LogP contribution in [0.25, 0.3) is 0 Å². The highest BCUT2D eigenvalue weighted by Crippen LogP contribution is 2.50. The Morgan fingerprint density at radius 2 is 1.63 bits per heavy atom. The van der Waals surface area contributed by atoms with Gasteiger partial charge in [-0.25, -0.2) is 0 Å². The van der Waals surface area contributed by atoms with E-state index in [1.165, 1.54) is 0 Å². The highest BCUT2D eigenvalue weighted by molar-refractivity contribution is 6.74. The minimum atomic E-state index is -2.37. The number of aliphatic hydroxyl groups is 1. The summed E-state index contributed by atoms with van der Waals surface area (Å²) < 4.78 is 66.2. The van der Waals surface area contributed by atoms with Crippen molar-refractivity contribution in [2.24, 2.45) is 29.6 Å². The predicted molar refractivity (Wildman–Crippen MR) is 261 cm³/mol. The van der Waals surface area contributed by atoms with Crippen molar-refractivity contribution in [2.45, 2.75) is 225 Å². The molecular formula is C54H84O13Si. The van der Waals surface area contributed by atoms with Crippen molar-refractivity contribution in [1.29, 1.82) is 0 Å². The minimum Gasteiger partial charge on any atom is -0.462 e. The van der Waals surface area contributed by atoms with Crippen LogP contribution >= 0.6 is 0 Å². The van der Waals surface area contributed by atoms with Gasteiger partial charge < -0.3 is 52.2 Å². The maximum atomic E-state index is 14.8. The van der Waals surface area contributed by atoms with E-state index in [0.29, 0.717) is 37.7 Å². The predicted octanol–water partition coefficient (Wildman–Crippen LogP) is 9.24. The first-order chi connectivity index (χ1) is 31.9. The van der Waals surface area contributed by atoms with Gasteiger partial charge in [-0.3, -0.25) is 9.59 Å². The largest absolute Gasteiger partial charge is 0.462 e. The van der Waals surface area contributed by atoms with Crippen LogP contribution in [0, 0.1) is 29.6 Å². The fourth-order valence-corrected chi connectivity index (χ4v) is 12.4. The molecule has 68 heavy (non-hydrogen) atoms. The summed E-state index contributed by atoms with van der Waals surface area (Å²) in [6.45, 7) is 29.4. The number of allylic oxidation sites excluding steroid dienone is 2. The van der Waals surface area contributed by atoms with E-state index in [2.05, 4.69) is 86.7 Å². The molecule has 7 aliphatic rings. The first-order valence-electron chi connectivity index (χ1n) is 25.6. The number of Topliss-reactive ketones (excluding diaryl/α,β-unsaturated/α-hetero) is 1. The average Bonchev–Trinajstić information content (AvgIpc) is 3.61. The molecule has 0 amide bonds. The van der Waals surface area contributed by atoms with Crippen LogP contribution in [0.2, 0.25) is 18.1 Å². The zero-order valence-corrected chi connectivity index (χ0v) is 44.7. The average molecular weight is 969 g/mol. The summed E-state index contributed by atoms with van der Waals surface area (Å²) in [6.07, 6.45) is 11.4. The summed E-state index contributed by atoms with van der Waals surface area (Å²) in [5.74, 6) is -2.47. The second kappa shape index (κ2) is 21.0. The SMILES string of the molecule is CC[C@@H](C)[C@H]1O[C@]2(C=C[C@@H]1C)C[C@@H]1C[C@@H](CC=C(C)[C@@H](O[C@H]3C[C@H](OC)[C@@H](OC4C[C@H](C)C(=O)[C@H](C)O4)[C@H](C)O3)[C@@H](C)C=CC=C3CO[C@@H]4[C@H](O[Si](C)(C)C(C)(C)C)C(C)=C[C@@H](C(=O)O1)[C@]34O)O2. The van der Waals surface area contributed by atoms with Crippen LogP contribution < -0.4 is 0 Å². The third kappa shape index (κ3) is 11.0. The van der Waals surface area contributed by atoms with Crippen LogP contribution in [0.4, 0.5) is 0 Å². The van der Waals surface area contributed by atoms with Crippen molar-refractivity contribution in [3.8, 4) is 0 Å². The Bertz CT molecular complexity index is 1960. The normalized spacial score (nSPS) is 43.3. The van der Waals surface area contributed by atoms with Crippen LogP contribution in [-0.2, 0) is 56.6 Å². The quantitative estimate of drug-likeness (QED) is 0.133. The minimum absolute atomic E-state index is 0.0795. The standard InChI is InChI=1S/C54H84O13Si/c1-16-30(2)47-33(5)22-23-53(66-47)28-40-26-39(65-53)21-20-32(4)46(63-44-27-42(58-13)49(37(9)61-44)64-43-25-34(6)45(55)36(8)60-43)31(3)18-17-19-38-29-59-50-48(67-68(14,15)52(10,11)12)35(7)24-41(51(56)62-40)54(38,50)57/h17-20,22-24,30-31,33-34,36-37,39-44,46-50,57H,16,21,25-29H2,1-15H3/t30-,31+,33+,34+,36+,37+,39-,40+,41+,42+,43?,44+,46+,47-,48-,49+,50-,53-,54-/m1/s1. The number of hydrogen-bond acceptors (Lipinski definition) is 13. The number of carbonyl (C=O) groups excluding carboxylic acids is 2. The molecule has 4 saturated heterocycles. The molecule has 0 radical (unpaired) electrons. The van der Waals surface area contributed by atoms with Gasteiger partial charge in [0.2, 0.25) is 0 Å². The van der Waals surface area contributed by atoms with E-state index >= 15 is 0 Å². The van der Waals surface area contributed by atoms with Crippen LogP contribution in [0.15, 0.2) is 59.3 Å². The Labute approximate surface area is 407 Å². The summed E-state index contributed by atoms with van der Waals surface area (Å²) in [5, 5.41) is 13.1. The lowest BCUT2D eigenvalue weighted by atomic mass is 9.71. The van der Waals surface area contributed by atoms with Crippen LogP contribution in [-0.4, -0.2) is 124 Å². The summed E-state index contributed by atoms with van der Waals surface area (Å²) in [7, 11) is -0.702. The Morgan fingerprint density at radius 3 is 2.31 bits per heavy atom. The molecule has 4 fully saturated rings. The van der Waals surface area contributed by atoms with Crippen molar-refractivity contribution >= 4 is 20.1 Å². The zero-order valence-electron chi connectivity index (χ0n) is 43.7. The highest BCUT2D eigenvalue weighted by Gasteiger charge is 2.62. The molecule has 19 atom stereocenters. The molecule has 1 aliphatic carbocycles. The molecular weight excluding hydrogens is 885 g/mol. The molecule has 382 valence electrons. The number of ketones is 1. The van der Waals surface area contributed by atoms with E-state index in [1.807, 2.05) is 45.1 Å². The Kier molecular flexibility index (Phi) is 16.5. The fraction of sp³-hybridized carbons (Fsp3) is 0.778. The van der Waals surface area contributed by atoms with Gasteiger partial charge in [0.25, 0.3) is 0 Å². The van der Waals surface area contributed by atoms with E-state index in [9.17, 15) is 14.7 Å². The van der Waals surface area contributed by atoms with Gasteiger partial charge in [0.1, 0.15) is 35.9 Å². The summed E-state index contributed by atoms with van der Waals surface area (Å²) in [6, 6.07) is 0. The number of fused-ring (bicyclic) bond motifs is 2. The van der Waals surface area contributed by atoms with Crippen LogP contribution in [0.3, 0.4) is 0 Å². The second-order valence-corrected chi connectivity index (χ2v) is 27.5. The Balaban J connectivity index is 1.23. The summed E-state index contributed by atoms with van der Waals surface area (Å²) in [4.78, 5) is 27.3. The lowest BCUT2D eigenvalue weighted by Crippen LogP contribution is -2.60. The van der Waals surface area contributed by atoms with Crippen LogP contribution in [0.1, 0.15) is 122 Å². The highest BCUT2D eigenvalue weighted by atomic mass is 28.4. The molecule has 13 nitrogen and oxygen atoms in total. The van der Waals surface area contributed by atoms with Crippen molar-refractivity contribution < 1.29 is 61.8 Å². The molecule has 14 heteroatoms. The molecule has 0 aromatic carbocycles. The lowest BCUT2D eigenvalue weighted by molar-refractivity contribution is -0.303. The van der Waals surface area contributed by atoms with Gasteiger partial charge in [-0.1, -0.05) is 98.3 Å². The first-order valence-corrected chi connectivity index (χ1v) is 28.5. The number of hydrogen-bond donors (Lipinski definition) is 1. The van der Waals surface area contributed by atoms with Crippen molar-refractivity contribution in [1.82, 2.24) is 0 Å². The Morgan fingerprint density at radius 1 is 0.912 bits per heavy atom. The van der Waals surface area contributed by atoms with Crippen molar-refractivity contribution in [2.75, 3.05) is 13.7 Å². The molecule has 6 heterocycles. The fourth-order valence-electron chi connectivity index (χ4n) is 11.1. The Hall–Kier alpha value is -2.34. The number of ether oxygens (including phenoxy) is 9. The molecule has 2 bridgehead atoms. The smallest absolute Gasteiger partial charge is 0.316 e. The molecule has 0 aromatic heterocycles. The van der Waals surface area contributed by atoms with Gasteiger partial charge in [0, 0.05) is 50.5 Å². The van der Waals surface area contributed by atoms with E-state index in [0.717, 1.165) is 17.6 Å². The maximum absolute atomic E-state index is 14.8. The van der Waals surface area contributed by atoms with E-state index in [4.69, 9.17) is 47.1 Å². The third-order valence-electron chi connectivity index (χ3n) is 16.5. The third-order valence-corrected chi connectivity index (χ3v) is 21.0. The van der Waals surface area contributed by atoms with Gasteiger partial charge in [-0.05, 0) is 81.0 Å². The van der Waals surface area contributed by atoms with Gasteiger partial charge in [0.05, 0.1) is 43.2 Å². The van der Waals surface area contributed by atoms with E-state index < -0.39 is 86.9 Å². The second-order valence-electron chi connectivity index (χ2n) is 22.8. The molecule has 1 spiro atoms. The lowest BCUT2D eigenvalue weighted by Gasteiger charge is -2.49. The number of rotatable bonds is 9. The molecule has 0 aromatic rings. The molecule has 7 rings (SSSR count). The molecule has 6 aliphatic heterocycles. The molecule has 0 saturated carbocycles. The molecule has 1 unspecified atom stereocenters. The summed E-state index contributed by atoms with van der Waals surface area (Å²) in [5.41, 5.74) is 0.663. The summed E-state index contributed by atoms with van der Waals surface area (Å²) >= 11 is 0. The molecule has 1 N–H and O–H groups in total. The topological polar surface area (TPSA) is 147 Å². The van der Waals surface area contributed by atoms with Crippen LogP contribution in [0.5, 0.6) is 0 Å². The van der Waals surface area contributed by atoms with Gasteiger partial charge in [-0.15, -0.1) is 0 Å². The number of carbonyl (C=O) groups is 2. The van der Waals surface area contributed by atoms with Crippen molar-refractivity contribution in [3.63, 3.8) is 0 Å². The van der Waals surface area contributed by atoms with Gasteiger partial charge in [0.15, 0.2) is 32.5 Å². The number of methoxy groups -OCH3 is 1. The van der Waals surface area contributed by atoms with E-state index in [-0.39, 0.29) is 59.4 Å². The number of esters is 1. The maximum Gasteiger partial charge on any atom is 0.316 e. The van der Waals surface area contributed by atoms with Crippen molar-refractivity contribution in [3.05, 3.63) is 59.3 Å². The van der Waals surface area contributed by atoms with Gasteiger partial charge >= 0.3 is 5.97 Å².